The van der Waals surface area contributed by atoms with Gasteiger partial charge in [-0.2, -0.15) is 0 Å². The number of hydrogen-bond donors (Lipinski definition) is 2. The van der Waals surface area contributed by atoms with Gasteiger partial charge in [0.1, 0.15) is 12.2 Å². The fourth-order valence-electron chi connectivity index (χ4n) is 3.96. The van der Waals surface area contributed by atoms with Gasteiger partial charge in [0.25, 0.3) is 5.91 Å². The average Bonchev–Trinajstić information content (AvgIpc) is 3.23. The molecule has 150 valence electrons. The summed E-state index contributed by atoms with van der Waals surface area (Å²) in [6.45, 7) is 2.24. The largest absolute Gasteiger partial charge is 0.481 e. The van der Waals surface area contributed by atoms with Crippen molar-refractivity contribution in [1.82, 2.24) is 9.62 Å². The molecular formula is C18H26N2O6S. The van der Waals surface area contributed by atoms with Crippen molar-refractivity contribution >= 4 is 21.9 Å². The van der Waals surface area contributed by atoms with Crippen LogP contribution in [0.25, 0.3) is 0 Å². The van der Waals surface area contributed by atoms with Gasteiger partial charge in [0.05, 0.1) is 17.1 Å². The van der Waals surface area contributed by atoms with Crippen LogP contribution in [0.15, 0.2) is 10.7 Å². The van der Waals surface area contributed by atoms with Crippen molar-refractivity contribution in [3.63, 3.8) is 0 Å². The Kier molecular flexibility index (Phi) is 5.90. The van der Waals surface area contributed by atoms with Gasteiger partial charge in [0.2, 0.25) is 10.0 Å². The molecule has 9 heteroatoms. The number of amides is 1. The van der Waals surface area contributed by atoms with Crippen LogP contribution < -0.4 is 4.72 Å². The molecule has 2 aliphatic rings. The van der Waals surface area contributed by atoms with Gasteiger partial charge in [-0.1, -0.05) is 12.8 Å². The maximum Gasteiger partial charge on any atom is 0.311 e. The molecule has 1 atom stereocenters. The van der Waals surface area contributed by atoms with E-state index in [1.165, 1.54) is 11.2 Å². The molecule has 8 nitrogen and oxygen atoms in total. The predicted molar refractivity (Wildman–Crippen MR) is 98.0 cm³/mol. The number of carboxylic acids is 1. The van der Waals surface area contributed by atoms with Gasteiger partial charge < -0.3 is 14.4 Å². The zero-order chi connectivity index (χ0) is 19.6. The smallest absolute Gasteiger partial charge is 0.311 e. The first kappa shape index (κ1) is 19.9. The second-order valence-electron chi connectivity index (χ2n) is 7.45. The lowest BCUT2D eigenvalue weighted by atomic mass is 10.1. The molecule has 2 fully saturated rings. The maximum absolute atomic E-state index is 13.0. The standard InChI is InChI=1S/C18H26N2O6S/c1-12-11-26-15(9-16(21)22)17(12)18(23)20-8-4-7-14(10-20)27(24,25)19-13-5-2-3-6-13/h11,13-14,19H,2-10H2,1H3,(H,21,22). The van der Waals surface area contributed by atoms with Gasteiger partial charge in [-0.3, -0.25) is 9.59 Å². The number of carboxylic acid groups (broad SMARTS) is 1. The van der Waals surface area contributed by atoms with E-state index >= 15 is 0 Å². The minimum absolute atomic E-state index is 0.000588. The van der Waals surface area contributed by atoms with Crippen molar-refractivity contribution < 1.29 is 27.5 Å². The molecule has 1 aliphatic heterocycles. The third-order valence-electron chi connectivity index (χ3n) is 5.37. The van der Waals surface area contributed by atoms with Gasteiger partial charge in [-0.15, -0.1) is 0 Å². The summed E-state index contributed by atoms with van der Waals surface area (Å²) in [5, 5.41) is 8.36. The number of carbonyl (C=O) groups excluding carboxylic acids is 1. The molecule has 2 N–H and O–H groups in total. The second-order valence-corrected chi connectivity index (χ2v) is 9.44. The lowest BCUT2D eigenvalue weighted by Gasteiger charge is -2.33. The Morgan fingerprint density at radius 1 is 1.26 bits per heavy atom. The number of carbonyl (C=O) groups is 2. The Bertz CT molecular complexity index is 810. The van der Waals surface area contributed by atoms with Gasteiger partial charge in [-0.05, 0) is 32.6 Å². The van der Waals surface area contributed by atoms with Crippen LogP contribution in [0.5, 0.6) is 0 Å². The van der Waals surface area contributed by atoms with E-state index in [-0.39, 0.29) is 36.2 Å². The van der Waals surface area contributed by atoms with Crippen molar-refractivity contribution in [2.45, 2.75) is 63.2 Å². The van der Waals surface area contributed by atoms with Crippen LogP contribution in [0, 0.1) is 6.92 Å². The topological polar surface area (TPSA) is 117 Å². The molecular weight excluding hydrogens is 372 g/mol. The summed E-state index contributed by atoms with van der Waals surface area (Å²) in [5.41, 5.74) is 0.796. The normalized spacial score (nSPS) is 21.5. The quantitative estimate of drug-likeness (QED) is 0.753. The minimum atomic E-state index is -3.50. The van der Waals surface area contributed by atoms with Crippen LogP contribution in [0.4, 0.5) is 0 Å². The maximum atomic E-state index is 13.0. The van der Waals surface area contributed by atoms with Crippen molar-refractivity contribution in [1.29, 1.82) is 0 Å². The van der Waals surface area contributed by atoms with Gasteiger partial charge in [0.15, 0.2) is 0 Å². The molecule has 3 rings (SSSR count). The minimum Gasteiger partial charge on any atom is -0.481 e. The molecule has 1 aromatic heterocycles. The molecule has 2 heterocycles. The SMILES string of the molecule is Cc1coc(CC(=O)O)c1C(=O)N1CCCC(S(=O)(=O)NC2CCCC2)C1. The summed E-state index contributed by atoms with van der Waals surface area (Å²) in [6, 6.07) is -0.000588. The highest BCUT2D eigenvalue weighted by molar-refractivity contribution is 7.90. The van der Waals surface area contributed by atoms with E-state index in [1.807, 2.05) is 0 Å². The number of aryl methyl sites for hydroxylation is 1. The molecule has 1 saturated carbocycles. The molecule has 1 unspecified atom stereocenters. The number of nitrogens with one attached hydrogen (secondary N) is 1. The van der Waals surface area contributed by atoms with Gasteiger partial charge in [0, 0.05) is 24.7 Å². The zero-order valence-corrected chi connectivity index (χ0v) is 16.3. The van der Waals surface area contributed by atoms with Crippen LogP contribution in [0.2, 0.25) is 0 Å². The van der Waals surface area contributed by atoms with E-state index in [1.54, 1.807) is 6.92 Å². The lowest BCUT2D eigenvalue weighted by molar-refractivity contribution is -0.136. The Labute approximate surface area is 159 Å². The monoisotopic (exact) mass is 398 g/mol. The molecule has 0 spiro atoms. The zero-order valence-electron chi connectivity index (χ0n) is 15.4. The highest BCUT2D eigenvalue weighted by Gasteiger charge is 2.36. The fourth-order valence-corrected chi connectivity index (χ4v) is 5.70. The van der Waals surface area contributed by atoms with E-state index in [2.05, 4.69) is 4.72 Å². The van der Waals surface area contributed by atoms with Crippen molar-refractivity contribution in [3.05, 3.63) is 23.2 Å². The van der Waals surface area contributed by atoms with Crippen molar-refractivity contribution in [2.75, 3.05) is 13.1 Å². The van der Waals surface area contributed by atoms with Crippen LogP contribution in [0.3, 0.4) is 0 Å². The van der Waals surface area contributed by atoms with Crippen LogP contribution >= 0.6 is 0 Å². The Balaban J connectivity index is 1.73. The van der Waals surface area contributed by atoms with E-state index in [0.717, 1.165) is 25.7 Å². The Hall–Kier alpha value is -1.87. The molecule has 0 radical (unpaired) electrons. The third kappa shape index (κ3) is 4.52. The number of piperidine rings is 1. The predicted octanol–water partition coefficient (Wildman–Crippen LogP) is 1.68. The van der Waals surface area contributed by atoms with E-state index in [4.69, 9.17) is 9.52 Å². The highest BCUT2D eigenvalue weighted by atomic mass is 32.2. The van der Waals surface area contributed by atoms with E-state index < -0.39 is 21.2 Å². The molecule has 27 heavy (non-hydrogen) atoms. The number of furan rings is 1. The van der Waals surface area contributed by atoms with E-state index in [0.29, 0.717) is 24.9 Å². The molecule has 1 amide bonds. The molecule has 0 aromatic carbocycles. The number of aliphatic carboxylic acids is 1. The van der Waals surface area contributed by atoms with Crippen molar-refractivity contribution in [2.24, 2.45) is 0 Å². The lowest BCUT2D eigenvalue weighted by Crippen LogP contribution is -2.50. The number of sulfonamides is 1. The summed E-state index contributed by atoms with van der Waals surface area (Å²) in [5.74, 6) is -1.34. The van der Waals surface area contributed by atoms with Crippen LogP contribution in [-0.4, -0.2) is 54.7 Å². The first-order valence-electron chi connectivity index (χ1n) is 9.37. The Morgan fingerprint density at radius 2 is 1.96 bits per heavy atom. The third-order valence-corrected chi connectivity index (χ3v) is 7.29. The number of hydrogen-bond acceptors (Lipinski definition) is 5. The van der Waals surface area contributed by atoms with Gasteiger partial charge in [-0.25, -0.2) is 13.1 Å². The molecule has 1 saturated heterocycles. The number of likely N-dealkylation sites (tertiary alicyclic amines) is 1. The van der Waals surface area contributed by atoms with Crippen LogP contribution in [0.1, 0.15) is 60.2 Å². The van der Waals surface area contributed by atoms with E-state index in [9.17, 15) is 18.0 Å². The number of nitrogens with zero attached hydrogens (tertiary/aromatic N) is 1. The first-order valence-corrected chi connectivity index (χ1v) is 10.9. The second kappa shape index (κ2) is 8.02. The molecule has 0 bridgehead atoms. The molecule has 1 aromatic rings. The highest BCUT2D eigenvalue weighted by Crippen LogP contribution is 2.25. The number of rotatable bonds is 6. The first-order chi connectivity index (χ1) is 12.8. The Morgan fingerprint density at radius 3 is 2.63 bits per heavy atom. The molecule has 1 aliphatic carbocycles. The average molecular weight is 398 g/mol. The summed E-state index contributed by atoms with van der Waals surface area (Å²) in [6.07, 6.45) is 5.89. The fraction of sp³-hybridized carbons (Fsp3) is 0.667. The summed E-state index contributed by atoms with van der Waals surface area (Å²) < 4.78 is 33.5. The van der Waals surface area contributed by atoms with Gasteiger partial charge >= 0.3 is 5.97 Å². The summed E-state index contributed by atoms with van der Waals surface area (Å²) >= 11 is 0. The summed E-state index contributed by atoms with van der Waals surface area (Å²) in [4.78, 5) is 25.5. The van der Waals surface area contributed by atoms with Crippen molar-refractivity contribution in [3.8, 4) is 0 Å². The summed E-state index contributed by atoms with van der Waals surface area (Å²) in [7, 11) is -3.50. The van der Waals surface area contributed by atoms with Crippen LogP contribution in [-0.2, 0) is 21.2 Å².